The van der Waals surface area contributed by atoms with E-state index in [4.69, 9.17) is 0 Å². The molecular weight excluding hydrogens is 462 g/mol. The third-order valence-corrected chi connectivity index (χ3v) is 5.21. The molecule has 11 heteroatoms. The lowest BCUT2D eigenvalue weighted by Crippen LogP contribution is -2.24. The van der Waals surface area contributed by atoms with Crippen LogP contribution in [0.4, 0.5) is 29.2 Å². The highest BCUT2D eigenvalue weighted by Crippen LogP contribution is 2.20. The average molecular weight is 494 g/mol. The first-order chi connectivity index (χ1) is 17.5. The number of hydrogen-bond donors (Lipinski definition) is 5. The summed E-state index contributed by atoms with van der Waals surface area (Å²) in [6.07, 6.45) is 3.93. The highest BCUT2D eigenvalue weighted by molar-refractivity contribution is 5.94. The van der Waals surface area contributed by atoms with Crippen LogP contribution < -0.4 is 21.3 Å². The third kappa shape index (κ3) is 8.42. The maximum absolute atomic E-state index is 12.4. The number of methoxy groups -OCH3 is 1. The van der Waals surface area contributed by atoms with E-state index in [1.54, 1.807) is 55.6 Å². The number of nitrogens with one attached hydrogen (secondary N) is 4. The Morgan fingerprint density at radius 3 is 1.94 bits per heavy atom. The first kappa shape index (κ1) is 26.2. The number of anilines is 5. The van der Waals surface area contributed by atoms with Crippen molar-refractivity contribution in [3.63, 3.8) is 0 Å². The van der Waals surface area contributed by atoms with Gasteiger partial charge in [0, 0.05) is 37.0 Å². The van der Waals surface area contributed by atoms with Crippen LogP contribution in [-0.2, 0) is 9.53 Å². The molecule has 1 heterocycles. The second-order valence-corrected chi connectivity index (χ2v) is 7.93. The number of rotatable bonds is 13. The van der Waals surface area contributed by atoms with E-state index in [2.05, 4.69) is 41.0 Å². The van der Waals surface area contributed by atoms with Gasteiger partial charge in [0.25, 0.3) is 5.91 Å². The molecule has 0 aliphatic carbocycles. The van der Waals surface area contributed by atoms with Crippen molar-refractivity contribution in [1.29, 1.82) is 0 Å². The molecule has 1 aromatic heterocycles. The van der Waals surface area contributed by atoms with Crippen molar-refractivity contribution >= 4 is 41.1 Å². The number of nitrogens with zero attached hydrogens (tertiary/aromatic N) is 3. The predicted molar refractivity (Wildman–Crippen MR) is 138 cm³/mol. The lowest BCUT2D eigenvalue weighted by atomic mass is 10.1. The summed E-state index contributed by atoms with van der Waals surface area (Å²) in [4.78, 5) is 36.5. The number of phenolic OH excluding ortho intramolecular Hbond substituents is 1. The highest BCUT2D eigenvalue weighted by atomic mass is 16.5. The van der Waals surface area contributed by atoms with Crippen molar-refractivity contribution in [1.82, 2.24) is 20.3 Å². The van der Waals surface area contributed by atoms with E-state index in [1.807, 2.05) is 0 Å². The van der Waals surface area contributed by atoms with Gasteiger partial charge in [-0.15, -0.1) is 0 Å². The van der Waals surface area contributed by atoms with Crippen LogP contribution in [0.25, 0.3) is 0 Å². The fourth-order valence-corrected chi connectivity index (χ4v) is 3.26. The quantitative estimate of drug-likeness (QED) is 0.134. The molecule has 0 aliphatic heterocycles. The molecule has 0 saturated carbocycles. The summed E-state index contributed by atoms with van der Waals surface area (Å²) in [5, 5.41) is 21.4. The lowest BCUT2D eigenvalue weighted by molar-refractivity contribution is -0.140. The van der Waals surface area contributed by atoms with Crippen molar-refractivity contribution < 1.29 is 19.4 Å². The number of amides is 1. The van der Waals surface area contributed by atoms with Gasteiger partial charge in [-0.3, -0.25) is 9.59 Å². The molecule has 3 rings (SSSR count). The smallest absolute Gasteiger partial charge is 0.305 e. The van der Waals surface area contributed by atoms with Crippen molar-refractivity contribution in [2.24, 2.45) is 0 Å². The number of esters is 1. The Labute approximate surface area is 209 Å². The first-order valence-corrected chi connectivity index (χ1v) is 11.7. The van der Waals surface area contributed by atoms with Gasteiger partial charge in [0.2, 0.25) is 17.8 Å². The predicted octanol–water partition coefficient (Wildman–Crippen LogP) is 3.96. The first-order valence-electron chi connectivity index (χ1n) is 11.7. The number of hydrogen-bond acceptors (Lipinski definition) is 10. The van der Waals surface area contributed by atoms with Crippen LogP contribution in [0.3, 0.4) is 0 Å². The largest absolute Gasteiger partial charge is 0.508 e. The zero-order valence-corrected chi connectivity index (χ0v) is 20.4. The summed E-state index contributed by atoms with van der Waals surface area (Å²) in [6, 6.07) is 13.5. The molecule has 11 nitrogen and oxygen atoms in total. The van der Waals surface area contributed by atoms with Gasteiger partial charge in [-0.05, 0) is 61.4 Å². The Kier molecular flexibility index (Phi) is 9.80. The van der Waals surface area contributed by atoms with Gasteiger partial charge in [0.15, 0.2) is 0 Å². The van der Waals surface area contributed by atoms with Gasteiger partial charge in [-0.2, -0.15) is 15.0 Å². The molecule has 5 N–H and O–H groups in total. The Morgan fingerprint density at radius 1 is 0.806 bits per heavy atom. The normalized spacial score (nSPS) is 10.4. The molecule has 0 atom stereocenters. The molecule has 0 spiro atoms. The van der Waals surface area contributed by atoms with Gasteiger partial charge in [0.05, 0.1) is 7.11 Å². The van der Waals surface area contributed by atoms with Gasteiger partial charge in [-0.25, -0.2) is 0 Å². The van der Waals surface area contributed by atoms with Crippen LogP contribution >= 0.6 is 0 Å². The molecule has 0 fully saturated rings. The van der Waals surface area contributed by atoms with Crippen LogP contribution in [0.2, 0.25) is 0 Å². The fourth-order valence-electron chi connectivity index (χ4n) is 3.26. The summed E-state index contributed by atoms with van der Waals surface area (Å²) in [7, 11) is 3.10. The fraction of sp³-hybridized carbons (Fsp3) is 0.320. The Bertz CT molecular complexity index is 1140. The van der Waals surface area contributed by atoms with Crippen LogP contribution in [-0.4, -0.2) is 52.6 Å². The van der Waals surface area contributed by atoms with E-state index in [-0.39, 0.29) is 17.6 Å². The summed E-state index contributed by atoms with van der Waals surface area (Å²) in [6.45, 7) is 0.575. The molecule has 0 radical (unpaired) electrons. The van der Waals surface area contributed by atoms with Crippen LogP contribution in [0.15, 0.2) is 48.5 Å². The van der Waals surface area contributed by atoms with Crippen molar-refractivity contribution in [2.75, 3.05) is 36.7 Å². The third-order valence-electron chi connectivity index (χ3n) is 5.21. The van der Waals surface area contributed by atoms with Crippen molar-refractivity contribution in [3.05, 3.63) is 54.1 Å². The number of ether oxygens (including phenoxy) is 1. The number of unbranched alkanes of at least 4 members (excludes halogenated alkanes) is 3. The summed E-state index contributed by atoms with van der Waals surface area (Å²) in [5.74, 6) is 0.845. The van der Waals surface area contributed by atoms with Gasteiger partial charge in [-0.1, -0.05) is 12.8 Å². The molecular formula is C25H31N7O4. The number of benzene rings is 2. The minimum absolute atomic E-state index is 0.144. The maximum Gasteiger partial charge on any atom is 0.305 e. The number of phenols is 1. The zero-order chi connectivity index (χ0) is 25.8. The van der Waals surface area contributed by atoms with Crippen LogP contribution in [0.5, 0.6) is 5.75 Å². The van der Waals surface area contributed by atoms with Gasteiger partial charge >= 0.3 is 5.97 Å². The highest BCUT2D eigenvalue weighted by Gasteiger charge is 2.09. The standard InChI is InChI=1S/C25H31N7O4/c1-26-23-30-24(32-25(31-23)29-19-12-14-20(33)15-13-19)28-18-10-8-17(9-11-18)22(35)27-16-6-4-3-5-7-21(34)36-2/h8-15,33H,3-7,16H2,1-2H3,(H,27,35)(H3,26,28,29,30,31,32). The second-order valence-electron chi connectivity index (χ2n) is 7.93. The monoisotopic (exact) mass is 493 g/mol. The van der Waals surface area contributed by atoms with Crippen molar-refractivity contribution in [3.8, 4) is 5.75 Å². The summed E-state index contributed by atoms with van der Waals surface area (Å²) < 4.78 is 4.62. The summed E-state index contributed by atoms with van der Waals surface area (Å²) in [5.41, 5.74) is 1.97. The Balaban J connectivity index is 1.50. The number of aromatic nitrogens is 3. The lowest BCUT2D eigenvalue weighted by Gasteiger charge is -2.11. The SMILES string of the molecule is CNc1nc(Nc2ccc(O)cc2)nc(Nc2ccc(C(=O)NCCCCCCC(=O)OC)cc2)n1. The Hall–Kier alpha value is -4.41. The molecule has 2 aromatic carbocycles. The average Bonchev–Trinajstić information content (AvgIpc) is 2.89. The maximum atomic E-state index is 12.4. The molecule has 190 valence electrons. The molecule has 1 amide bonds. The van der Waals surface area contributed by atoms with Crippen molar-refractivity contribution in [2.45, 2.75) is 32.1 Å². The van der Waals surface area contributed by atoms with Gasteiger partial charge < -0.3 is 31.1 Å². The number of carbonyl (C=O) groups excluding carboxylic acids is 2. The topological polar surface area (TPSA) is 150 Å². The van der Waals surface area contributed by atoms with E-state index in [0.717, 1.165) is 25.7 Å². The van der Waals surface area contributed by atoms with Crippen LogP contribution in [0.1, 0.15) is 42.5 Å². The van der Waals surface area contributed by atoms with E-state index >= 15 is 0 Å². The zero-order valence-electron chi connectivity index (χ0n) is 20.4. The van der Waals surface area contributed by atoms with Crippen LogP contribution in [0, 0.1) is 0 Å². The minimum atomic E-state index is -0.189. The van der Waals surface area contributed by atoms with E-state index in [0.29, 0.717) is 47.7 Å². The molecule has 36 heavy (non-hydrogen) atoms. The minimum Gasteiger partial charge on any atom is -0.508 e. The summed E-state index contributed by atoms with van der Waals surface area (Å²) >= 11 is 0. The molecule has 0 saturated heterocycles. The molecule has 0 unspecified atom stereocenters. The number of aromatic hydroxyl groups is 1. The Morgan fingerprint density at radius 2 is 1.36 bits per heavy atom. The van der Waals surface area contributed by atoms with Gasteiger partial charge in [0.1, 0.15) is 5.75 Å². The molecule has 3 aromatic rings. The van der Waals surface area contributed by atoms with E-state index in [9.17, 15) is 14.7 Å². The molecule has 0 bridgehead atoms. The second kappa shape index (κ2) is 13.5. The number of carbonyl (C=O) groups is 2. The molecule has 0 aliphatic rings. The van der Waals surface area contributed by atoms with E-state index < -0.39 is 0 Å². The van der Waals surface area contributed by atoms with E-state index in [1.165, 1.54) is 7.11 Å².